The fourth-order valence-corrected chi connectivity index (χ4v) is 3.01. The SMILES string of the molecule is O=C(NNC(=O)C1(c2ccc(F)cc2)CCC1)c1cccc([N+](=O)[O-])c1. The van der Waals surface area contributed by atoms with E-state index in [2.05, 4.69) is 10.9 Å². The van der Waals surface area contributed by atoms with Gasteiger partial charge in [0.25, 0.3) is 11.6 Å². The summed E-state index contributed by atoms with van der Waals surface area (Å²) in [6.07, 6.45) is 2.04. The molecule has 2 aromatic rings. The molecule has 1 fully saturated rings. The maximum Gasteiger partial charge on any atom is 0.270 e. The molecule has 7 nitrogen and oxygen atoms in total. The Morgan fingerprint density at radius 3 is 2.35 bits per heavy atom. The summed E-state index contributed by atoms with van der Waals surface area (Å²) in [5.74, 6) is -1.44. The molecule has 3 rings (SSSR count). The second-order valence-electron chi connectivity index (χ2n) is 6.16. The van der Waals surface area contributed by atoms with Crippen LogP contribution in [-0.4, -0.2) is 16.7 Å². The first-order valence-electron chi connectivity index (χ1n) is 8.04. The molecule has 0 spiro atoms. The topological polar surface area (TPSA) is 101 Å². The zero-order chi connectivity index (χ0) is 18.7. The van der Waals surface area contributed by atoms with Crippen LogP contribution in [0.1, 0.15) is 35.2 Å². The molecule has 2 N–H and O–H groups in total. The summed E-state index contributed by atoms with van der Waals surface area (Å²) in [5.41, 5.74) is 4.40. The van der Waals surface area contributed by atoms with Gasteiger partial charge in [0.2, 0.25) is 5.91 Å². The van der Waals surface area contributed by atoms with E-state index >= 15 is 0 Å². The van der Waals surface area contributed by atoms with Crippen LogP contribution in [-0.2, 0) is 10.2 Å². The Kier molecular flexibility index (Phi) is 4.66. The van der Waals surface area contributed by atoms with Gasteiger partial charge < -0.3 is 0 Å². The fraction of sp³-hybridized carbons (Fsp3) is 0.222. The van der Waals surface area contributed by atoms with E-state index < -0.39 is 22.2 Å². The molecule has 1 aliphatic rings. The Labute approximate surface area is 148 Å². The molecule has 0 unspecified atom stereocenters. The van der Waals surface area contributed by atoms with Gasteiger partial charge >= 0.3 is 0 Å². The fourth-order valence-electron chi connectivity index (χ4n) is 3.01. The molecule has 8 heteroatoms. The molecule has 0 atom stereocenters. The highest BCUT2D eigenvalue weighted by Gasteiger charge is 2.45. The second kappa shape index (κ2) is 6.91. The number of nitrogens with one attached hydrogen (secondary N) is 2. The number of rotatable bonds is 4. The van der Waals surface area contributed by atoms with Gasteiger partial charge in [-0.25, -0.2) is 4.39 Å². The predicted molar refractivity (Wildman–Crippen MR) is 90.6 cm³/mol. The Morgan fingerprint density at radius 1 is 1.08 bits per heavy atom. The van der Waals surface area contributed by atoms with E-state index in [1.54, 1.807) is 12.1 Å². The lowest BCUT2D eigenvalue weighted by Crippen LogP contribution is -2.54. The number of hydrogen-bond acceptors (Lipinski definition) is 4. The average Bonchev–Trinajstić information content (AvgIpc) is 2.60. The second-order valence-corrected chi connectivity index (χ2v) is 6.16. The lowest BCUT2D eigenvalue weighted by Gasteiger charge is -2.40. The highest BCUT2D eigenvalue weighted by Crippen LogP contribution is 2.43. The van der Waals surface area contributed by atoms with E-state index in [9.17, 15) is 24.1 Å². The molecule has 1 aliphatic carbocycles. The van der Waals surface area contributed by atoms with Crippen LogP contribution in [0.2, 0.25) is 0 Å². The number of carbonyl (C=O) groups is 2. The number of hydrogen-bond donors (Lipinski definition) is 2. The van der Waals surface area contributed by atoms with E-state index in [1.807, 2.05) is 0 Å². The molecule has 0 saturated heterocycles. The summed E-state index contributed by atoms with van der Waals surface area (Å²) < 4.78 is 13.1. The first-order chi connectivity index (χ1) is 12.4. The molecule has 0 aliphatic heterocycles. The molecule has 1 saturated carbocycles. The highest BCUT2D eigenvalue weighted by molar-refractivity contribution is 5.97. The molecule has 0 heterocycles. The number of carbonyl (C=O) groups excluding carboxylic acids is 2. The minimum atomic E-state index is -0.802. The molecule has 2 amide bonds. The summed E-state index contributed by atoms with van der Waals surface area (Å²) in [7, 11) is 0. The summed E-state index contributed by atoms with van der Waals surface area (Å²) in [4.78, 5) is 34.9. The predicted octanol–water partition coefficient (Wildman–Crippen LogP) is 2.62. The Morgan fingerprint density at radius 2 is 1.77 bits per heavy atom. The van der Waals surface area contributed by atoms with Crippen molar-refractivity contribution in [3.63, 3.8) is 0 Å². The quantitative estimate of drug-likeness (QED) is 0.649. The summed E-state index contributed by atoms with van der Waals surface area (Å²) in [6.45, 7) is 0. The van der Waals surface area contributed by atoms with Crippen LogP contribution >= 0.6 is 0 Å². The third kappa shape index (κ3) is 3.26. The van der Waals surface area contributed by atoms with Gasteiger partial charge in [-0.1, -0.05) is 24.6 Å². The largest absolute Gasteiger partial charge is 0.272 e. The van der Waals surface area contributed by atoms with E-state index in [0.717, 1.165) is 12.5 Å². The first-order valence-corrected chi connectivity index (χ1v) is 8.04. The van der Waals surface area contributed by atoms with Crippen LogP contribution in [0.15, 0.2) is 48.5 Å². The van der Waals surface area contributed by atoms with Gasteiger partial charge in [-0.3, -0.25) is 30.6 Å². The van der Waals surface area contributed by atoms with Crippen molar-refractivity contribution in [1.82, 2.24) is 10.9 Å². The molecule has 0 bridgehead atoms. The summed E-state index contributed by atoms with van der Waals surface area (Å²) in [5, 5.41) is 10.8. The molecular weight excluding hydrogens is 341 g/mol. The zero-order valence-electron chi connectivity index (χ0n) is 13.7. The van der Waals surface area contributed by atoms with Crippen LogP contribution in [0.5, 0.6) is 0 Å². The van der Waals surface area contributed by atoms with E-state index in [4.69, 9.17) is 0 Å². The van der Waals surface area contributed by atoms with Gasteiger partial charge in [0.05, 0.1) is 10.3 Å². The Balaban J connectivity index is 1.69. The molecule has 134 valence electrons. The normalized spacial score (nSPS) is 14.8. The molecule has 2 aromatic carbocycles. The maximum atomic E-state index is 13.1. The number of nitro groups is 1. The van der Waals surface area contributed by atoms with Crippen LogP contribution in [0.25, 0.3) is 0 Å². The van der Waals surface area contributed by atoms with Crippen molar-refractivity contribution in [2.45, 2.75) is 24.7 Å². The van der Waals surface area contributed by atoms with Crippen LogP contribution < -0.4 is 10.9 Å². The van der Waals surface area contributed by atoms with Crippen LogP contribution in [0.3, 0.4) is 0 Å². The number of non-ortho nitro benzene ring substituents is 1. The highest BCUT2D eigenvalue weighted by atomic mass is 19.1. The van der Waals surface area contributed by atoms with Crippen LogP contribution in [0, 0.1) is 15.9 Å². The Hall–Kier alpha value is -3.29. The lowest BCUT2D eigenvalue weighted by molar-refractivity contribution is -0.384. The number of halogens is 1. The molecule has 26 heavy (non-hydrogen) atoms. The van der Waals surface area contributed by atoms with Crippen molar-refractivity contribution in [3.05, 3.63) is 75.6 Å². The van der Waals surface area contributed by atoms with Crippen molar-refractivity contribution >= 4 is 17.5 Å². The number of hydrazine groups is 1. The number of nitrogens with zero attached hydrogens (tertiary/aromatic N) is 1. The van der Waals surface area contributed by atoms with Gasteiger partial charge in [-0.2, -0.15) is 0 Å². The first kappa shape index (κ1) is 17.5. The van der Waals surface area contributed by atoms with Gasteiger partial charge in [0, 0.05) is 17.7 Å². The standard InChI is InChI=1S/C18H16FN3O4/c19-14-7-5-13(6-8-14)18(9-2-10-18)17(24)21-20-16(23)12-3-1-4-15(11-12)22(25)26/h1,3-8,11H,2,9-10H2,(H,20,23)(H,21,24). The van der Waals surface area contributed by atoms with Crippen LogP contribution in [0.4, 0.5) is 10.1 Å². The summed E-state index contributed by atoms with van der Waals surface area (Å²) in [6, 6.07) is 10.9. The summed E-state index contributed by atoms with van der Waals surface area (Å²) >= 11 is 0. The average molecular weight is 357 g/mol. The maximum absolute atomic E-state index is 13.1. The van der Waals surface area contributed by atoms with Gasteiger partial charge in [-0.15, -0.1) is 0 Å². The minimum absolute atomic E-state index is 0.0592. The van der Waals surface area contributed by atoms with Gasteiger partial charge in [0.1, 0.15) is 5.82 Å². The third-order valence-corrected chi connectivity index (χ3v) is 4.65. The van der Waals surface area contributed by atoms with E-state index in [1.165, 1.54) is 30.3 Å². The number of benzene rings is 2. The van der Waals surface area contributed by atoms with Gasteiger partial charge in [0.15, 0.2) is 0 Å². The molecular formula is C18H16FN3O4. The molecule has 0 aromatic heterocycles. The zero-order valence-corrected chi connectivity index (χ0v) is 13.7. The number of amides is 2. The monoisotopic (exact) mass is 357 g/mol. The van der Waals surface area contributed by atoms with Crippen molar-refractivity contribution in [1.29, 1.82) is 0 Å². The molecule has 0 radical (unpaired) electrons. The van der Waals surface area contributed by atoms with Crippen molar-refractivity contribution < 1.29 is 18.9 Å². The smallest absolute Gasteiger partial charge is 0.270 e. The van der Waals surface area contributed by atoms with E-state index in [0.29, 0.717) is 18.4 Å². The number of nitro benzene ring substituents is 1. The minimum Gasteiger partial charge on any atom is -0.272 e. The van der Waals surface area contributed by atoms with E-state index in [-0.39, 0.29) is 17.1 Å². The lowest BCUT2D eigenvalue weighted by atomic mass is 9.64. The Bertz CT molecular complexity index is 863. The van der Waals surface area contributed by atoms with Crippen molar-refractivity contribution in [3.8, 4) is 0 Å². The third-order valence-electron chi connectivity index (χ3n) is 4.65. The van der Waals surface area contributed by atoms with Crippen molar-refractivity contribution in [2.24, 2.45) is 0 Å². The van der Waals surface area contributed by atoms with Crippen molar-refractivity contribution in [2.75, 3.05) is 0 Å². The van der Waals surface area contributed by atoms with Gasteiger partial charge in [-0.05, 0) is 36.6 Å².